The van der Waals surface area contributed by atoms with Crippen LogP contribution >= 0.6 is 0 Å². The minimum atomic E-state index is 0.954. The van der Waals surface area contributed by atoms with Gasteiger partial charge in [0.15, 0.2) is 0 Å². The molecule has 0 radical (unpaired) electrons. The molecule has 0 amide bonds. The van der Waals surface area contributed by atoms with Crippen molar-refractivity contribution in [3.8, 4) is 0 Å². The summed E-state index contributed by atoms with van der Waals surface area (Å²) in [5.41, 5.74) is 1.92. The first kappa shape index (κ1) is 6.81. The number of pyridine rings is 1. The van der Waals surface area contributed by atoms with E-state index in [2.05, 4.69) is 4.98 Å². The summed E-state index contributed by atoms with van der Waals surface area (Å²) >= 11 is 0. The van der Waals surface area contributed by atoms with Crippen molar-refractivity contribution in [1.82, 2.24) is 4.98 Å². The van der Waals surface area contributed by atoms with Crippen molar-refractivity contribution in [3.63, 3.8) is 0 Å². The number of rotatable bonds is 1. The summed E-state index contributed by atoms with van der Waals surface area (Å²) in [4.78, 5) is 4.01. The van der Waals surface area contributed by atoms with Crippen molar-refractivity contribution >= 4 is 6.08 Å². The van der Waals surface area contributed by atoms with Crippen molar-refractivity contribution in [1.29, 1.82) is 0 Å². The summed E-state index contributed by atoms with van der Waals surface area (Å²) in [6.45, 7) is 1.91. The summed E-state index contributed by atoms with van der Waals surface area (Å²) < 4.78 is 0. The molecule has 0 aliphatic carbocycles. The molecule has 0 fully saturated rings. The zero-order valence-electron chi connectivity index (χ0n) is 5.78. The molecule has 0 unspecified atom stereocenters. The standard InChI is InChI=1S/C8H9NO/c1-7-6-8(3-5-10)2-4-9-7/h2-6,10H,1H3/b5-3-. The van der Waals surface area contributed by atoms with Crippen LogP contribution in [0.25, 0.3) is 6.08 Å². The van der Waals surface area contributed by atoms with Crippen LogP contribution in [0.2, 0.25) is 0 Å². The number of aryl methyl sites for hydroxylation is 1. The van der Waals surface area contributed by atoms with E-state index < -0.39 is 0 Å². The van der Waals surface area contributed by atoms with Gasteiger partial charge in [0.1, 0.15) is 0 Å². The van der Waals surface area contributed by atoms with Gasteiger partial charge in [-0.2, -0.15) is 0 Å². The lowest BCUT2D eigenvalue weighted by Crippen LogP contribution is -1.79. The summed E-state index contributed by atoms with van der Waals surface area (Å²) in [5.74, 6) is 0. The van der Waals surface area contributed by atoms with Crippen LogP contribution in [0.4, 0.5) is 0 Å². The first-order valence-corrected chi connectivity index (χ1v) is 3.06. The van der Waals surface area contributed by atoms with E-state index in [1.807, 2.05) is 19.1 Å². The van der Waals surface area contributed by atoms with Crippen LogP contribution in [-0.4, -0.2) is 10.1 Å². The maximum atomic E-state index is 8.41. The van der Waals surface area contributed by atoms with Gasteiger partial charge in [-0.15, -0.1) is 0 Å². The average molecular weight is 135 g/mol. The van der Waals surface area contributed by atoms with Gasteiger partial charge in [-0.25, -0.2) is 0 Å². The molecule has 0 saturated heterocycles. The lowest BCUT2D eigenvalue weighted by atomic mass is 10.2. The summed E-state index contributed by atoms with van der Waals surface area (Å²) in [6.07, 6.45) is 4.36. The molecular weight excluding hydrogens is 126 g/mol. The van der Waals surface area contributed by atoms with E-state index in [4.69, 9.17) is 5.11 Å². The predicted octanol–water partition coefficient (Wildman–Crippen LogP) is 1.92. The maximum absolute atomic E-state index is 8.41. The second-order valence-corrected chi connectivity index (χ2v) is 2.05. The van der Waals surface area contributed by atoms with Gasteiger partial charge in [0.25, 0.3) is 0 Å². The first-order chi connectivity index (χ1) is 4.83. The third-order valence-corrected chi connectivity index (χ3v) is 1.19. The molecule has 0 bridgehead atoms. The van der Waals surface area contributed by atoms with E-state index in [0.29, 0.717) is 0 Å². The van der Waals surface area contributed by atoms with Crippen LogP contribution in [0, 0.1) is 6.92 Å². The smallest absolute Gasteiger partial charge is 0.0797 e. The van der Waals surface area contributed by atoms with Crippen molar-refractivity contribution in [2.24, 2.45) is 0 Å². The minimum Gasteiger partial charge on any atom is -0.516 e. The highest BCUT2D eigenvalue weighted by Crippen LogP contribution is 2.01. The van der Waals surface area contributed by atoms with Crippen LogP contribution in [-0.2, 0) is 0 Å². The van der Waals surface area contributed by atoms with E-state index in [9.17, 15) is 0 Å². The number of nitrogens with zero attached hydrogens (tertiary/aromatic N) is 1. The van der Waals surface area contributed by atoms with Crippen LogP contribution in [0.1, 0.15) is 11.3 Å². The molecule has 52 valence electrons. The molecule has 0 aromatic carbocycles. The molecule has 1 rings (SSSR count). The zero-order chi connectivity index (χ0) is 7.40. The molecule has 2 heteroatoms. The summed E-state index contributed by atoms with van der Waals surface area (Å²) in [5, 5.41) is 8.41. The molecule has 0 aliphatic rings. The molecule has 0 saturated carbocycles. The Kier molecular flexibility index (Phi) is 2.05. The molecule has 0 spiro atoms. The minimum absolute atomic E-state index is 0.954. The largest absolute Gasteiger partial charge is 0.516 e. The second-order valence-electron chi connectivity index (χ2n) is 2.05. The third kappa shape index (κ3) is 1.58. The fourth-order valence-corrected chi connectivity index (χ4v) is 0.757. The Morgan fingerprint density at radius 3 is 3.00 bits per heavy atom. The molecule has 1 N–H and O–H groups in total. The highest BCUT2D eigenvalue weighted by Gasteiger charge is 1.86. The SMILES string of the molecule is Cc1cc(/C=C\O)ccn1. The zero-order valence-corrected chi connectivity index (χ0v) is 5.78. The molecular formula is C8H9NO. The Morgan fingerprint density at radius 2 is 2.40 bits per heavy atom. The monoisotopic (exact) mass is 135 g/mol. The lowest BCUT2D eigenvalue weighted by molar-refractivity contribution is 0.478. The van der Waals surface area contributed by atoms with Crippen molar-refractivity contribution < 1.29 is 5.11 Å². The van der Waals surface area contributed by atoms with Gasteiger partial charge in [-0.05, 0) is 30.7 Å². The quantitative estimate of drug-likeness (QED) is 0.597. The fraction of sp³-hybridized carbons (Fsp3) is 0.125. The molecule has 1 heterocycles. The maximum Gasteiger partial charge on any atom is 0.0797 e. The van der Waals surface area contributed by atoms with Gasteiger partial charge in [0.2, 0.25) is 0 Å². The van der Waals surface area contributed by atoms with Crippen LogP contribution in [0.5, 0.6) is 0 Å². The molecule has 0 atom stereocenters. The first-order valence-electron chi connectivity index (χ1n) is 3.06. The van der Waals surface area contributed by atoms with Crippen molar-refractivity contribution in [3.05, 3.63) is 35.8 Å². The summed E-state index contributed by atoms with van der Waals surface area (Å²) in [7, 11) is 0. The van der Waals surface area contributed by atoms with Gasteiger partial charge in [0.05, 0.1) is 6.26 Å². The predicted molar refractivity (Wildman–Crippen MR) is 40.6 cm³/mol. The van der Waals surface area contributed by atoms with Crippen molar-refractivity contribution in [2.45, 2.75) is 6.92 Å². The average Bonchev–Trinajstić information content (AvgIpc) is 1.88. The lowest BCUT2D eigenvalue weighted by Gasteiger charge is -1.92. The van der Waals surface area contributed by atoms with Crippen LogP contribution < -0.4 is 0 Å². The number of aliphatic hydroxyl groups is 1. The second kappa shape index (κ2) is 3.01. The molecule has 0 aliphatic heterocycles. The fourth-order valence-electron chi connectivity index (χ4n) is 0.757. The van der Waals surface area contributed by atoms with E-state index in [-0.39, 0.29) is 0 Å². The topological polar surface area (TPSA) is 33.1 Å². The molecule has 2 nitrogen and oxygen atoms in total. The van der Waals surface area contributed by atoms with Crippen molar-refractivity contribution in [2.75, 3.05) is 0 Å². The van der Waals surface area contributed by atoms with E-state index in [1.165, 1.54) is 0 Å². The van der Waals surface area contributed by atoms with Gasteiger partial charge < -0.3 is 5.11 Å². The number of hydrogen-bond donors (Lipinski definition) is 1. The Balaban J connectivity index is 2.95. The van der Waals surface area contributed by atoms with Gasteiger partial charge in [-0.3, -0.25) is 4.98 Å². The highest BCUT2D eigenvalue weighted by molar-refractivity contribution is 5.47. The molecule has 10 heavy (non-hydrogen) atoms. The van der Waals surface area contributed by atoms with Gasteiger partial charge in [0, 0.05) is 11.9 Å². The highest BCUT2D eigenvalue weighted by atomic mass is 16.2. The Hall–Kier alpha value is -1.31. The Bertz CT molecular complexity index is 243. The van der Waals surface area contributed by atoms with Crippen LogP contribution in [0.15, 0.2) is 24.6 Å². The number of hydrogen-bond acceptors (Lipinski definition) is 2. The summed E-state index contributed by atoms with van der Waals surface area (Å²) in [6, 6.07) is 3.73. The normalized spacial score (nSPS) is 10.5. The number of aromatic nitrogens is 1. The Morgan fingerprint density at radius 1 is 1.60 bits per heavy atom. The number of aliphatic hydroxyl groups excluding tert-OH is 1. The Labute approximate surface area is 59.9 Å². The van der Waals surface area contributed by atoms with Gasteiger partial charge >= 0.3 is 0 Å². The third-order valence-electron chi connectivity index (χ3n) is 1.19. The van der Waals surface area contributed by atoms with Gasteiger partial charge in [-0.1, -0.05) is 0 Å². The molecule has 1 aromatic rings. The van der Waals surface area contributed by atoms with E-state index in [0.717, 1.165) is 17.5 Å². The van der Waals surface area contributed by atoms with E-state index >= 15 is 0 Å². The van der Waals surface area contributed by atoms with Crippen LogP contribution in [0.3, 0.4) is 0 Å². The molecule has 1 aromatic heterocycles. The van der Waals surface area contributed by atoms with E-state index in [1.54, 1.807) is 12.3 Å².